The number of benzene rings is 1. The molecule has 0 saturated carbocycles. The van der Waals surface area contributed by atoms with Gasteiger partial charge in [0.1, 0.15) is 11.2 Å². The van der Waals surface area contributed by atoms with Crippen LogP contribution in [0.15, 0.2) is 53.7 Å². The highest BCUT2D eigenvalue weighted by atomic mass is 15.1. The van der Waals surface area contributed by atoms with E-state index in [1.165, 1.54) is 10.9 Å². The lowest BCUT2D eigenvalue weighted by Gasteiger charge is -2.05. The van der Waals surface area contributed by atoms with Crippen LogP contribution in [0.2, 0.25) is 0 Å². The van der Waals surface area contributed by atoms with Gasteiger partial charge < -0.3 is 0 Å². The van der Waals surface area contributed by atoms with Gasteiger partial charge in [-0.2, -0.15) is 0 Å². The van der Waals surface area contributed by atoms with Gasteiger partial charge in [0.25, 0.3) is 0 Å². The summed E-state index contributed by atoms with van der Waals surface area (Å²) in [5.74, 6) is 0. The third-order valence-electron chi connectivity index (χ3n) is 4.79. The van der Waals surface area contributed by atoms with Crippen molar-refractivity contribution in [3.05, 3.63) is 75.4 Å². The number of rotatable bonds is 0. The number of imidazole rings is 1. The first-order valence-corrected chi connectivity index (χ1v) is 8.05. The molecule has 0 N–H and O–H groups in total. The fraction of sp³-hybridized carbons (Fsp3) is 0.0500. The van der Waals surface area contributed by atoms with E-state index in [2.05, 4.69) is 40.8 Å². The van der Waals surface area contributed by atoms with Crippen LogP contribution in [0.5, 0.6) is 0 Å². The summed E-state index contributed by atoms with van der Waals surface area (Å²) in [6.45, 7) is 0. The molecule has 1 aromatic carbocycles. The van der Waals surface area contributed by atoms with Gasteiger partial charge in [-0.1, -0.05) is 36.4 Å². The van der Waals surface area contributed by atoms with Crippen molar-refractivity contribution in [2.45, 2.75) is 6.42 Å². The minimum Gasteiger partial charge on any atom is -0.277 e. The van der Waals surface area contributed by atoms with Crippen molar-refractivity contribution < 1.29 is 0 Å². The number of para-hydroxylation sites is 1. The first-order chi connectivity index (χ1) is 11.9. The van der Waals surface area contributed by atoms with Gasteiger partial charge in [0.05, 0.1) is 22.6 Å². The lowest BCUT2D eigenvalue weighted by atomic mass is 10.1. The summed E-state index contributed by atoms with van der Waals surface area (Å²) in [6.07, 6.45) is 9.38. The Morgan fingerprint density at radius 3 is 3.00 bits per heavy atom. The number of allylic oxidation sites excluding steroid dienone is 1. The van der Waals surface area contributed by atoms with Crippen LogP contribution < -0.4 is 10.7 Å². The Kier molecular flexibility index (Phi) is 2.12. The van der Waals surface area contributed by atoms with Gasteiger partial charge in [-0.3, -0.25) is 4.40 Å². The Morgan fingerprint density at radius 1 is 1.04 bits per heavy atom. The molecule has 3 aromatic heterocycles. The summed E-state index contributed by atoms with van der Waals surface area (Å²) in [5.41, 5.74) is 4.88. The SMILES string of the molecule is C1=Cc2ccc3nc4c5c(cnc4n3c2=CC1)N=c1ccccc1=5. The number of hydrogen-bond acceptors (Lipinski definition) is 3. The quantitative estimate of drug-likeness (QED) is 0.441. The predicted molar refractivity (Wildman–Crippen MR) is 93.2 cm³/mol. The molecule has 6 rings (SSSR count). The number of fused-ring (bicyclic) bond motifs is 8. The van der Waals surface area contributed by atoms with Gasteiger partial charge in [0.15, 0.2) is 5.65 Å². The highest BCUT2D eigenvalue weighted by molar-refractivity contribution is 5.81. The lowest BCUT2D eigenvalue weighted by Crippen LogP contribution is -2.18. The number of hydrogen-bond donors (Lipinski definition) is 0. The number of nitrogens with zero attached hydrogens (tertiary/aromatic N) is 4. The summed E-state index contributed by atoms with van der Waals surface area (Å²) in [5, 5.41) is 4.41. The Morgan fingerprint density at radius 2 is 2.00 bits per heavy atom. The van der Waals surface area contributed by atoms with E-state index in [1.807, 2.05) is 24.4 Å². The Labute approximate surface area is 136 Å². The molecule has 0 atom stereocenters. The van der Waals surface area contributed by atoms with Crippen LogP contribution in [-0.4, -0.2) is 14.4 Å². The molecule has 24 heavy (non-hydrogen) atoms. The van der Waals surface area contributed by atoms with Crippen molar-refractivity contribution in [2.75, 3.05) is 0 Å². The first-order valence-electron chi connectivity index (χ1n) is 8.05. The van der Waals surface area contributed by atoms with E-state index in [1.54, 1.807) is 0 Å². The molecule has 2 aliphatic rings. The van der Waals surface area contributed by atoms with E-state index < -0.39 is 0 Å². The van der Waals surface area contributed by atoms with Crippen LogP contribution in [0.3, 0.4) is 0 Å². The van der Waals surface area contributed by atoms with E-state index in [0.717, 1.165) is 44.7 Å². The van der Waals surface area contributed by atoms with Gasteiger partial charge >= 0.3 is 0 Å². The monoisotopic (exact) mass is 308 g/mol. The summed E-state index contributed by atoms with van der Waals surface area (Å²) in [4.78, 5) is 14.3. The van der Waals surface area contributed by atoms with Crippen molar-refractivity contribution in [1.29, 1.82) is 0 Å². The van der Waals surface area contributed by atoms with Gasteiger partial charge in [0.2, 0.25) is 0 Å². The average molecular weight is 308 g/mol. The van der Waals surface area contributed by atoms with Crippen LogP contribution in [0.1, 0.15) is 12.0 Å². The number of pyridine rings is 2. The normalized spacial score (nSPS) is 14.2. The maximum Gasteiger partial charge on any atom is 0.165 e. The molecule has 1 aliphatic heterocycles. The lowest BCUT2D eigenvalue weighted by molar-refractivity contribution is 1.11. The molecule has 0 saturated heterocycles. The van der Waals surface area contributed by atoms with E-state index in [0.29, 0.717) is 0 Å². The fourth-order valence-corrected chi connectivity index (χ4v) is 3.74. The first kappa shape index (κ1) is 12.2. The largest absolute Gasteiger partial charge is 0.277 e. The smallest absolute Gasteiger partial charge is 0.165 e. The second kappa shape index (κ2) is 4.17. The van der Waals surface area contributed by atoms with Gasteiger partial charge in [-0.05, 0) is 30.2 Å². The highest BCUT2D eigenvalue weighted by Crippen LogP contribution is 2.24. The molecular formula is C20H12N4. The van der Waals surface area contributed by atoms with Crippen molar-refractivity contribution in [1.82, 2.24) is 14.4 Å². The molecule has 112 valence electrons. The summed E-state index contributed by atoms with van der Waals surface area (Å²) >= 11 is 0. The van der Waals surface area contributed by atoms with Crippen molar-refractivity contribution in [3.63, 3.8) is 0 Å². The second-order valence-corrected chi connectivity index (χ2v) is 6.14. The topological polar surface area (TPSA) is 42.5 Å². The van der Waals surface area contributed by atoms with Gasteiger partial charge in [-0.15, -0.1) is 0 Å². The molecule has 0 radical (unpaired) electrons. The maximum absolute atomic E-state index is 4.89. The Bertz CT molecular complexity index is 1420. The molecule has 4 aromatic rings. The van der Waals surface area contributed by atoms with Crippen molar-refractivity contribution in [3.8, 4) is 0 Å². The zero-order chi connectivity index (χ0) is 15.7. The minimum absolute atomic E-state index is 0.902. The molecule has 4 heterocycles. The third kappa shape index (κ3) is 1.41. The van der Waals surface area contributed by atoms with Crippen LogP contribution in [-0.2, 0) is 0 Å². The van der Waals surface area contributed by atoms with E-state index >= 15 is 0 Å². The van der Waals surface area contributed by atoms with Crippen LogP contribution in [0.25, 0.3) is 29.0 Å². The second-order valence-electron chi connectivity index (χ2n) is 6.14. The minimum atomic E-state index is 0.902. The van der Waals surface area contributed by atoms with Gasteiger partial charge in [-0.25, -0.2) is 15.0 Å². The average Bonchev–Trinajstić information content (AvgIpc) is 3.19. The Balaban J connectivity index is 1.94. The van der Waals surface area contributed by atoms with Gasteiger partial charge in [0, 0.05) is 10.4 Å². The molecule has 4 nitrogen and oxygen atoms in total. The van der Waals surface area contributed by atoms with E-state index in [4.69, 9.17) is 15.0 Å². The maximum atomic E-state index is 4.89. The highest BCUT2D eigenvalue weighted by Gasteiger charge is 2.15. The molecule has 0 fully saturated rings. The summed E-state index contributed by atoms with van der Waals surface area (Å²) < 4.78 is 2.16. The molecule has 0 spiro atoms. The molecule has 0 unspecified atom stereocenters. The third-order valence-corrected chi connectivity index (χ3v) is 4.79. The molecule has 0 amide bonds. The zero-order valence-electron chi connectivity index (χ0n) is 12.8. The van der Waals surface area contributed by atoms with Crippen LogP contribution in [0, 0.1) is 10.4 Å². The molecular weight excluding hydrogens is 296 g/mol. The molecule has 4 heteroatoms. The molecule has 0 bridgehead atoms. The van der Waals surface area contributed by atoms with Crippen molar-refractivity contribution in [2.24, 2.45) is 4.99 Å². The zero-order valence-corrected chi connectivity index (χ0v) is 12.8. The van der Waals surface area contributed by atoms with E-state index in [9.17, 15) is 0 Å². The number of aromatic nitrogens is 3. The predicted octanol–water partition coefficient (Wildman–Crippen LogP) is 2.63. The fourth-order valence-electron chi connectivity index (χ4n) is 3.74. The van der Waals surface area contributed by atoms with Crippen molar-refractivity contribution >= 4 is 34.7 Å². The van der Waals surface area contributed by atoms with Crippen LogP contribution in [0.4, 0.5) is 5.69 Å². The van der Waals surface area contributed by atoms with E-state index in [-0.39, 0.29) is 0 Å². The summed E-state index contributed by atoms with van der Waals surface area (Å²) in [7, 11) is 0. The van der Waals surface area contributed by atoms with Crippen LogP contribution >= 0.6 is 0 Å². The standard InChI is InChI=1S/C20H12N4/c1-4-8-16-12(5-1)9-10-17-23-19-18-13-6-2-3-7-14(13)22-15(18)11-21-20(19)24(16)17/h1-3,5-11H,4H2. The summed E-state index contributed by atoms with van der Waals surface area (Å²) in [6, 6.07) is 12.4. The molecule has 1 aliphatic carbocycles. The Hall–Kier alpha value is -3.27.